The number of carbonyl (C=O) groups excluding carboxylic acids is 1. The van der Waals surface area contributed by atoms with E-state index in [1.54, 1.807) is 0 Å². The minimum absolute atomic E-state index is 0. The van der Waals surface area contributed by atoms with E-state index in [1.165, 1.54) is 0 Å². The second kappa shape index (κ2) is 4.18. The molecule has 4 nitrogen and oxygen atoms in total. The monoisotopic (exact) mass is 164 g/mol. The molecule has 0 aliphatic rings. The van der Waals surface area contributed by atoms with Crippen LogP contribution in [0.1, 0.15) is 30.5 Å². The van der Waals surface area contributed by atoms with E-state index in [0.29, 0.717) is 6.54 Å². The third-order valence-electron chi connectivity index (χ3n) is 0.766. The Morgan fingerprint density at radius 2 is 2.09 bits per heavy atom. The lowest BCUT2D eigenvalue weighted by Gasteiger charge is -2.19. The molecule has 0 heterocycles. The fourth-order valence-corrected chi connectivity index (χ4v) is 0.464. The summed E-state index contributed by atoms with van der Waals surface area (Å²) in [6.45, 7) is 8.02. The van der Waals surface area contributed by atoms with Gasteiger partial charge in [-0.05, 0) is 20.8 Å². The Bertz CT molecular complexity index is 137. The summed E-state index contributed by atoms with van der Waals surface area (Å²) in [6.07, 6.45) is -0.445. The largest absolute Gasteiger partial charge is 0.443 e. The minimum Gasteiger partial charge on any atom is -0.443 e. The summed E-state index contributed by atoms with van der Waals surface area (Å²) in [4.78, 5) is 10.8. The van der Waals surface area contributed by atoms with Gasteiger partial charge in [-0.15, -0.1) is 0 Å². The molecule has 70 valence electrons. The van der Waals surface area contributed by atoms with Crippen molar-refractivity contribution in [1.29, 1.82) is 0 Å². The van der Waals surface area contributed by atoms with Crippen molar-refractivity contribution in [2.75, 3.05) is 6.54 Å². The van der Waals surface area contributed by atoms with Crippen molar-refractivity contribution in [1.82, 2.24) is 10.9 Å². The van der Waals surface area contributed by atoms with E-state index >= 15 is 0 Å². The average Bonchev–Trinajstić information content (AvgIpc) is 1.79. The first kappa shape index (κ1) is 10.2. The van der Waals surface area contributed by atoms with Crippen LogP contribution in [0.2, 0.25) is 0 Å². The predicted octanol–water partition coefficient (Wildman–Crippen LogP) is 1.53. The van der Waals surface area contributed by atoms with E-state index < -0.39 is 11.7 Å². The van der Waals surface area contributed by atoms with Gasteiger partial charge in [0.05, 0.1) is 0 Å². The molecule has 0 spiro atoms. The maximum atomic E-state index is 10.8. The number of amides is 1. The highest BCUT2D eigenvalue weighted by Crippen LogP contribution is 2.05. The molecule has 0 bridgehead atoms. The molecule has 0 radical (unpaired) electrons. The van der Waals surface area contributed by atoms with Gasteiger partial charge in [0.2, 0.25) is 0 Å². The number of carbonyl (C=O) groups is 1. The van der Waals surface area contributed by atoms with Crippen LogP contribution in [0.15, 0.2) is 0 Å². The molecule has 11 heavy (non-hydrogen) atoms. The van der Waals surface area contributed by atoms with Crippen molar-refractivity contribution in [2.45, 2.75) is 33.3 Å². The normalized spacial score (nSPS) is 10.9. The predicted molar refractivity (Wildman–Crippen MR) is 47.3 cm³/mol. The molecule has 4 heteroatoms. The van der Waals surface area contributed by atoms with Crippen molar-refractivity contribution in [3.05, 3.63) is 0 Å². The smallest absolute Gasteiger partial charge is 0.422 e. The SMILES string of the molecule is CCNNC(=O)OC(C)(C)C.[HH].[HH]. The number of nitrogens with one attached hydrogen (secondary N) is 2. The first-order chi connectivity index (χ1) is 4.95. The molecule has 0 unspecified atom stereocenters. The van der Waals surface area contributed by atoms with Crippen LogP contribution in [0.25, 0.3) is 0 Å². The summed E-state index contributed by atoms with van der Waals surface area (Å²) in [5, 5.41) is 0. The molecule has 0 aromatic heterocycles. The van der Waals surface area contributed by atoms with Gasteiger partial charge >= 0.3 is 6.09 Å². The fraction of sp³-hybridized carbons (Fsp3) is 0.857. The van der Waals surface area contributed by atoms with Crippen molar-refractivity contribution in [3.8, 4) is 0 Å². The summed E-state index contributed by atoms with van der Waals surface area (Å²) in [5.41, 5.74) is 4.59. The maximum Gasteiger partial charge on any atom is 0.422 e. The third kappa shape index (κ3) is 7.12. The van der Waals surface area contributed by atoms with E-state index in [9.17, 15) is 4.79 Å². The third-order valence-corrected chi connectivity index (χ3v) is 0.766. The number of ether oxygens (including phenoxy) is 1. The first-order valence-corrected chi connectivity index (χ1v) is 3.67. The van der Waals surface area contributed by atoms with Gasteiger partial charge in [-0.1, -0.05) is 6.92 Å². The second-order valence-corrected chi connectivity index (χ2v) is 3.16. The number of hydrazine groups is 1. The van der Waals surface area contributed by atoms with E-state index in [2.05, 4.69) is 10.9 Å². The highest BCUT2D eigenvalue weighted by atomic mass is 16.6. The van der Waals surface area contributed by atoms with E-state index in [4.69, 9.17) is 4.74 Å². The zero-order valence-electron chi connectivity index (χ0n) is 7.52. The molecule has 0 fully saturated rings. The second-order valence-electron chi connectivity index (χ2n) is 3.16. The number of hydrogen-bond donors (Lipinski definition) is 2. The standard InChI is InChI=1S/C7H16N2O2.2H2/c1-5-8-9-6(10)11-7(2,3)4;;/h8H,5H2,1-4H3,(H,9,10);2*1H. The summed E-state index contributed by atoms with van der Waals surface area (Å²) >= 11 is 0. The zero-order chi connectivity index (χ0) is 8.91. The van der Waals surface area contributed by atoms with Gasteiger partial charge in [0, 0.05) is 9.40 Å². The zero-order valence-corrected chi connectivity index (χ0v) is 7.52. The van der Waals surface area contributed by atoms with Crippen LogP contribution in [-0.4, -0.2) is 18.2 Å². The van der Waals surface area contributed by atoms with Gasteiger partial charge in [-0.3, -0.25) is 5.43 Å². The molecule has 2 N–H and O–H groups in total. The Kier molecular flexibility index (Phi) is 3.89. The number of rotatable bonds is 2. The van der Waals surface area contributed by atoms with Crippen LogP contribution < -0.4 is 10.9 Å². The van der Waals surface area contributed by atoms with Crippen LogP contribution in [0.4, 0.5) is 4.79 Å². The molecule has 0 atom stereocenters. The molecule has 0 aromatic carbocycles. The summed E-state index contributed by atoms with van der Waals surface area (Å²) in [7, 11) is 0. The topological polar surface area (TPSA) is 50.4 Å². The van der Waals surface area contributed by atoms with Crippen molar-refractivity contribution in [3.63, 3.8) is 0 Å². The quantitative estimate of drug-likeness (QED) is 0.608. The van der Waals surface area contributed by atoms with Crippen LogP contribution in [0.3, 0.4) is 0 Å². The molecule has 0 saturated carbocycles. The average molecular weight is 164 g/mol. The molecule has 0 aromatic rings. The van der Waals surface area contributed by atoms with Gasteiger partial charge in [0.1, 0.15) is 5.60 Å². The number of hydrogen-bond acceptors (Lipinski definition) is 3. The lowest BCUT2D eigenvalue weighted by Crippen LogP contribution is -2.40. The summed E-state index contributed by atoms with van der Waals surface area (Å²) < 4.78 is 4.93. The van der Waals surface area contributed by atoms with Crippen molar-refractivity contribution in [2.24, 2.45) is 0 Å². The molecule has 0 rings (SSSR count). The van der Waals surface area contributed by atoms with Crippen LogP contribution in [-0.2, 0) is 4.74 Å². The van der Waals surface area contributed by atoms with Gasteiger partial charge in [-0.2, -0.15) is 0 Å². The van der Waals surface area contributed by atoms with Crippen LogP contribution in [0.5, 0.6) is 0 Å². The van der Waals surface area contributed by atoms with Crippen LogP contribution in [0, 0.1) is 0 Å². The van der Waals surface area contributed by atoms with Crippen molar-refractivity contribution >= 4 is 6.09 Å². The highest BCUT2D eigenvalue weighted by molar-refractivity contribution is 5.66. The molecule has 0 aliphatic carbocycles. The lowest BCUT2D eigenvalue weighted by molar-refractivity contribution is 0.0500. The van der Waals surface area contributed by atoms with Crippen LogP contribution >= 0.6 is 0 Å². The fourth-order valence-electron chi connectivity index (χ4n) is 0.464. The maximum absolute atomic E-state index is 10.8. The lowest BCUT2D eigenvalue weighted by atomic mass is 10.2. The van der Waals surface area contributed by atoms with Gasteiger partial charge in [-0.25, -0.2) is 10.2 Å². The highest BCUT2D eigenvalue weighted by Gasteiger charge is 2.14. The molecule has 0 saturated heterocycles. The minimum atomic E-state index is -0.445. The Labute approximate surface area is 70.2 Å². The summed E-state index contributed by atoms with van der Waals surface area (Å²) in [5.74, 6) is 0. The summed E-state index contributed by atoms with van der Waals surface area (Å²) in [6, 6.07) is 0. The van der Waals surface area contributed by atoms with Gasteiger partial charge in [0.25, 0.3) is 0 Å². The molecule has 0 aliphatic heterocycles. The van der Waals surface area contributed by atoms with E-state index in [-0.39, 0.29) is 2.85 Å². The van der Waals surface area contributed by atoms with Gasteiger partial charge in [0.15, 0.2) is 0 Å². The van der Waals surface area contributed by atoms with Crippen molar-refractivity contribution < 1.29 is 12.4 Å². The van der Waals surface area contributed by atoms with E-state index in [1.807, 2.05) is 27.7 Å². The Morgan fingerprint density at radius 3 is 2.45 bits per heavy atom. The Hall–Kier alpha value is -0.770. The first-order valence-electron chi connectivity index (χ1n) is 3.67. The van der Waals surface area contributed by atoms with E-state index in [0.717, 1.165) is 0 Å². The molecule has 1 amide bonds. The Morgan fingerprint density at radius 1 is 1.55 bits per heavy atom. The molecular formula is C7H20N2O2. The van der Waals surface area contributed by atoms with Gasteiger partial charge < -0.3 is 4.74 Å². The molecular weight excluding hydrogens is 144 g/mol. The Balaban J connectivity index is -0.000000500.